The first-order chi connectivity index (χ1) is 9.99. The molecule has 5 nitrogen and oxygen atoms in total. The SMILES string of the molecule is CCOC(=O)C(CC1CCCS1)NC(=O)C(N)C(C)CC. The van der Waals surface area contributed by atoms with Gasteiger partial charge in [0.25, 0.3) is 0 Å². The fourth-order valence-electron chi connectivity index (χ4n) is 2.33. The lowest BCUT2D eigenvalue weighted by Crippen LogP contribution is -2.51. The number of nitrogens with one attached hydrogen (secondary N) is 1. The second-order valence-corrected chi connectivity index (χ2v) is 7.00. The molecule has 1 aliphatic rings. The van der Waals surface area contributed by atoms with Gasteiger partial charge in [-0.2, -0.15) is 11.8 Å². The van der Waals surface area contributed by atoms with Crippen LogP contribution in [0.2, 0.25) is 0 Å². The van der Waals surface area contributed by atoms with Crippen LogP contribution in [-0.2, 0) is 14.3 Å². The molecule has 1 rings (SSSR count). The highest BCUT2D eigenvalue weighted by molar-refractivity contribution is 8.00. The molecular formula is C15H28N2O3S. The average molecular weight is 316 g/mol. The summed E-state index contributed by atoms with van der Waals surface area (Å²) < 4.78 is 5.08. The van der Waals surface area contributed by atoms with E-state index in [0.29, 0.717) is 18.3 Å². The molecule has 122 valence electrons. The van der Waals surface area contributed by atoms with Crippen LogP contribution in [0.1, 0.15) is 46.5 Å². The van der Waals surface area contributed by atoms with Crippen molar-refractivity contribution in [2.75, 3.05) is 12.4 Å². The van der Waals surface area contributed by atoms with Crippen LogP contribution in [0.4, 0.5) is 0 Å². The average Bonchev–Trinajstić information content (AvgIpc) is 2.98. The molecule has 1 fully saturated rings. The van der Waals surface area contributed by atoms with E-state index in [0.717, 1.165) is 18.6 Å². The third-order valence-electron chi connectivity index (χ3n) is 3.97. The highest BCUT2D eigenvalue weighted by atomic mass is 32.2. The van der Waals surface area contributed by atoms with Crippen molar-refractivity contribution in [3.05, 3.63) is 0 Å². The van der Waals surface area contributed by atoms with Gasteiger partial charge in [0.2, 0.25) is 5.91 Å². The minimum atomic E-state index is -0.580. The normalized spacial score (nSPS) is 22.4. The van der Waals surface area contributed by atoms with E-state index in [1.807, 2.05) is 25.6 Å². The van der Waals surface area contributed by atoms with E-state index in [2.05, 4.69) is 5.32 Å². The summed E-state index contributed by atoms with van der Waals surface area (Å²) in [7, 11) is 0. The summed E-state index contributed by atoms with van der Waals surface area (Å²) in [6, 6.07) is -1.16. The molecule has 21 heavy (non-hydrogen) atoms. The monoisotopic (exact) mass is 316 g/mol. The van der Waals surface area contributed by atoms with Crippen molar-refractivity contribution in [2.24, 2.45) is 11.7 Å². The largest absolute Gasteiger partial charge is 0.464 e. The zero-order valence-electron chi connectivity index (χ0n) is 13.3. The molecule has 0 aromatic carbocycles. The third-order valence-corrected chi connectivity index (χ3v) is 5.39. The number of carbonyl (C=O) groups excluding carboxylic acids is 2. The Bertz CT molecular complexity index is 346. The van der Waals surface area contributed by atoms with E-state index in [-0.39, 0.29) is 17.8 Å². The minimum Gasteiger partial charge on any atom is -0.464 e. The molecule has 0 bridgehead atoms. The maximum Gasteiger partial charge on any atom is 0.328 e. The molecule has 0 radical (unpaired) electrons. The summed E-state index contributed by atoms with van der Waals surface area (Å²) in [4.78, 5) is 24.2. The van der Waals surface area contributed by atoms with Gasteiger partial charge in [-0.3, -0.25) is 4.79 Å². The molecule has 6 heteroatoms. The van der Waals surface area contributed by atoms with Crippen LogP contribution in [0.25, 0.3) is 0 Å². The van der Waals surface area contributed by atoms with Gasteiger partial charge < -0.3 is 15.8 Å². The highest BCUT2D eigenvalue weighted by Crippen LogP contribution is 2.29. The van der Waals surface area contributed by atoms with E-state index >= 15 is 0 Å². The van der Waals surface area contributed by atoms with Crippen LogP contribution in [0.5, 0.6) is 0 Å². The maximum atomic E-state index is 12.2. The number of hydrogen-bond acceptors (Lipinski definition) is 5. The molecule has 0 aromatic heterocycles. The third kappa shape index (κ3) is 5.87. The molecule has 4 atom stereocenters. The highest BCUT2D eigenvalue weighted by Gasteiger charge is 2.30. The van der Waals surface area contributed by atoms with Gasteiger partial charge in [-0.1, -0.05) is 20.3 Å². The summed E-state index contributed by atoms with van der Waals surface area (Å²) in [5, 5.41) is 3.21. The Morgan fingerprint density at radius 2 is 2.14 bits per heavy atom. The molecule has 4 unspecified atom stereocenters. The minimum absolute atomic E-state index is 0.0914. The van der Waals surface area contributed by atoms with Crippen LogP contribution in [-0.4, -0.2) is 41.6 Å². The van der Waals surface area contributed by atoms with Crippen LogP contribution in [0, 0.1) is 5.92 Å². The topological polar surface area (TPSA) is 81.4 Å². The lowest BCUT2D eigenvalue weighted by molar-refractivity contribution is -0.147. The number of hydrogen-bond donors (Lipinski definition) is 2. The van der Waals surface area contributed by atoms with Crippen LogP contribution in [0.3, 0.4) is 0 Å². The van der Waals surface area contributed by atoms with E-state index in [4.69, 9.17) is 10.5 Å². The van der Waals surface area contributed by atoms with Crippen molar-refractivity contribution in [1.29, 1.82) is 0 Å². The molecule has 1 amide bonds. The van der Waals surface area contributed by atoms with E-state index in [9.17, 15) is 9.59 Å². The van der Waals surface area contributed by atoms with Crippen LogP contribution in [0.15, 0.2) is 0 Å². The predicted molar refractivity (Wildman–Crippen MR) is 86.1 cm³/mol. The molecule has 0 saturated carbocycles. The number of rotatable bonds is 8. The van der Waals surface area contributed by atoms with Crippen molar-refractivity contribution in [3.63, 3.8) is 0 Å². The maximum absolute atomic E-state index is 12.2. The summed E-state index contributed by atoms with van der Waals surface area (Å²) >= 11 is 1.86. The van der Waals surface area contributed by atoms with Gasteiger partial charge in [-0.25, -0.2) is 4.79 Å². The molecule has 0 aliphatic carbocycles. The Balaban J connectivity index is 2.62. The Labute approximate surface area is 131 Å². The zero-order chi connectivity index (χ0) is 15.8. The van der Waals surface area contributed by atoms with Crippen molar-refractivity contribution in [3.8, 4) is 0 Å². The van der Waals surface area contributed by atoms with E-state index < -0.39 is 12.1 Å². The number of thioether (sulfide) groups is 1. The first kappa shape index (κ1) is 18.3. The quantitative estimate of drug-likeness (QED) is 0.666. The Morgan fingerprint density at radius 3 is 2.67 bits per heavy atom. The second kappa shape index (κ2) is 9.30. The Morgan fingerprint density at radius 1 is 1.43 bits per heavy atom. The summed E-state index contributed by atoms with van der Waals surface area (Å²) in [6.45, 7) is 6.03. The lowest BCUT2D eigenvalue weighted by Gasteiger charge is -2.24. The second-order valence-electron chi connectivity index (χ2n) is 5.60. The fraction of sp³-hybridized carbons (Fsp3) is 0.867. The van der Waals surface area contributed by atoms with Gasteiger partial charge in [-0.15, -0.1) is 0 Å². The van der Waals surface area contributed by atoms with Gasteiger partial charge >= 0.3 is 5.97 Å². The first-order valence-electron chi connectivity index (χ1n) is 7.83. The number of nitrogens with two attached hydrogens (primary N) is 1. The smallest absolute Gasteiger partial charge is 0.328 e. The van der Waals surface area contributed by atoms with Crippen molar-refractivity contribution in [1.82, 2.24) is 5.32 Å². The Kier molecular flexibility index (Phi) is 8.11. The van der Waals surface area contributed by atoms with E-state index in [1.54, 1.807) is 6.92 Å². The summed E-state index contributed by atoms with van der Waals surface area (Å²) in [6.07, 6.45) is 3.72. The number of ether oxygens (including phenoxy) is 1. The number of esters is 1. The van der Waals surface area contributed by atoms with Crippen LogP contribution >= 0.6 is 11.8 Å². The zero-order valence-corrected chi connectivity index (χ0v) is 14.1. The summed E-state index contributed by atoms with van der Waals surface area (Å²) in [5.41, 5.74) is 5.93. The van der Waals surface area contributed by atoms with Crippen molar-refractivity contribution < 1.29 is 14.3 Å². The van der Waals surface area contributed by atoms with Gasteiger partial charge in [0.1, 0.15) is 6.04 Å². The lowest BCUT2D eigenvalue weighted by atomic mass is 9.98. The number of carbonyl (C=O) groups is 2. The molecule has 1 saturated heterocycles. The first-order valence-corrected chi connectivity index (χ1v) is 8.88. The van der Waals surface area contributed by atoms with Gasteiger partial charge in [0, 0.05) is 5.25 Å². The molecule has 3 N–H and O–H groups in total. The number of amides is 1. The van der Waals surface area contributed by atoms with Crippen molar-refractivity contribution in [2.45, 2.75) is 63.8 Å². The Hall–Kier alpha value is -0.750. The molecule has 0 aromatic rings. The van der Waals surface area contributed by atoms with Gasteiger partial charge in [0.15, 0.2) is 0 Å². The summed E-state index contributed by atoms with van der Waals surface area (Å²) in [5.74, 6) is 0.606. The van der Waals surface area contributed by atoms with Gasteiger partial charge in [0.05, 0.1) is 12.6 Å². The predicted octanol–water partition coefficient (Wildman–Crippen LogP) is 1.69. The van der Waals surface area contributed by atoms with Crippen LogP contribution < -0.4 is 11.1 Å². The standard InChI is InChI=1S/C15H28N2O3S/c1-4-10(3)13(16)14(18)17-12(15(19)20-5-2)9-11-7-6-8-21-11/h10-13H,4-9,16H2,1-3H3,(H,17,18). The van der Waals surface area contributed by atoms with E-state index in [1.165, 1.54) is 6.42 Å². The van der Waals surface area contributed by atoms with Gasteiger partial charge in [-0.05, 0) is 37.9 Å². The molecule has 0 spiro atoms. The van der Waals surface area contributed by atoms with Crippen molar-refractivity contribution >= 4 is 23.6 Å². The molecule has 1 heterocycles. The molecule has 1 aliphatic heterocycles. The molecular weight excluding hydrogens is 288 g/mol. The fourth-order valence-corrected chi connectivity index (χ4v) is 3.66.